The fourth-order valence-electron chi connectivity index (χ4n) is 4.55. The van der Waals surface area contributed by atoms with Crippen LogP contribution in [0, 0.1) is 17.3 Å². The van der Waals surface area contributed by atoms with Gasteiger partial charge in [-0.05, 0) is 17.0 Å². The Hall–Kier alpha value is -2.08. The Bertz CT molecular complexity index is 699. The summed E-state index contributed by atoms with van der Waals surface area (Å²) in [5.74, 6) is -0.781. The van der Waals surface area contributed by atoms with Gasteiger partial charge in [0.1, 0.15) is 11.9 Å². The van der Waals surface area contributed by atoms with Crippen molar-refractivity contribution < 1.29 is 19.4 Å². The van der Waals surface area contributed by atoms with E-state index in [0.717, 1.165) is 31.8 Å². The van der Waals surface area contributed by atoms with E-state index in [1.165, 1.54) is 5.56 Å². The van der Waals surface area contributed by atoms with Crippen LogP contribution in [0.5, 0.6) is 5.75 Å². The number of fused-ring (bicyclic) bond motifs is 1. The smallest absolute Gasteiger partial charge is 0.307 e. The van der Waals surface area contributed by atoms with Crippen molar-refractivity contribution >= 4 is 11.9 Å². The second-order valence-electron chi connectivity index (χ2n) is 8.29. The number of nitrogens with zero attached hydrogens (tertiary/aromatic N) is 2. The molecular formula is C20H26N2O4. The minimum Gasteiger partial charge on any atom is -0.488 e. The van der Waals surface area contributed by atoms with Crippen molar-refractivity contribution in [1.29, 1.82) is 0 Å². The SMILES string of the molecule is CC1(C)[C@H](C(=O)O)[C@@H]1C(=O)N1CCN(C[C@@H]2Cc3ccccc3O2)CC1. The van der Waals surface area contributed by atoms with Gasteiger partial charge in [-0.3, -0.25) is 14.5 Å². The first-order valence-corrected chi connectivity index (χ1v) is 9.36. The molecule has 2 aliphatic heterocycles. The molecule has 26 heavy (non-hydrogen) atoms. The van der Waals surface area contributed by atoms with Crippen LogP contribution in [0.4, 0.5) is 0 Å². The largest absolute Gasteiger partial charge is 0.488 e. The van der Waals surface area contributed by atoms with Crippen LogP contribution in [-0.2, 0) is 16.0 Å². The molecule has 1 aliphatic carbocycles. The van der Waals surface area contributed by atoms with Gasteiger partial charge in [0.2, 0.25) is 5.91 Å². The summed E-state index contributed by atoms with van der Waals surface area (Å²) in [6, 6.07) is 8.17. The first-order valence-electron chi connectivity index (χ1n) is 9.36. The Morgan fingerprint density at radius 3 is 2.46 bits per heavy atom. The lowest BCUT2D eigenvalue weighted by Crippen LogP contribution is -2.51. The maximum atomic E-state index is 12.7. The van der Waals surface area contributed by atoms with Gasteiger partial charge in [-0.2, -0.15) is 0 Å². The monoisotopic (exact) mass is 358 g/mol. The number of hydrogen-bond donors (Lipinski definition) is 1. The zero-order valence-corrected chi connectivity index (χ0v) is 15.4. The van der Waals surface area contributed by atoms with Crippen LogP contribution < -0.4 is 4.74 Å². The fourth-order valence-corrected chi connectivity index (χ4v) is 4.55. The summed E-state index contributed by atoms with van der Waals surface area (Å²) in [4.78, 5) is 28.2. The van der Waals surface area contributed by atoms with Gasteiger partial charge in [-0.15, -0.1) is 0 Å². The molecule has 0 spiro atoms. The molecular weight excluding hydrogens is 332 g/mol. The van der Waals surface area contributed by atoms with Crippen LogP contribution in [0.15, 0.2) is 24.3 Å². The zero-order valence-electron chi connectivity index (χ0n) is 15.4. The average molecular weight is 358 g/mol. The Labute approximate surface area is 153 Å². The van der Waals surface area contributed by atoms with Crippen molar-refractivity contribution in [1.82, 2.24) is 9.80 Å². The van der Waals surface area contributed by atoms with E-state index in [2.05, 4.69) is 11.0 Å². The van der Waals surface area contributed by atoms with Crippen LogP contribution in [-0.4, -0.2) is 65.6 Å². The predicted molar refractivity (Wildman–Crippen MR) is 96.0 cm³/mol. The van der Waals surface area contributed by atoms with Crippen molar-refractivity contribution in [2.45, 2.75) is 26.4 Å². The summed E-state index contributed by atoms with van der Waals surface area (Å²) in [5, 5.41) is 9.29. The third-order valence-electron chi connectivity index (χ3n) is 6.22. The highest BCUT2D eigenvalue weighted by molar-refractivity contribution is 5.91. The van der Waals surface area contributed by atoms with Gasteiger partial charge in [0.15, 0.2) is 0 Å². The van der Waals surface area contributed by atoms with Crippen LogP contribution >= 0.6 is 0 Å². The topological polar surface area (TPSA) is 70.1 Å². The molecule has 4 rings (SSSR count). The quantitative estimate of drug-likeness (QED) is 0.883. The lowest BCUT2D eigenvalue weighted by atomic mass is 10.1. The van der Waals surface area contributed by atoms with Gasteiger partial charge in [-0.1, -0.05) is 32.0 Å². The molecule has 1 aromatic rings. The Balaban J connectivity index is 1.27. The third kappa shape index (κ3) is 2.96. The van der Waals surface area contributed by atoms with E-state index in [-0.39, 0.29) is 17.9 Å². The molecule has 6 nitrogen and oxygen atoms in total. The van der Waals surface area contributed by atoms with E-state index >= 15 is 0 Å². The normalized spacial score (nSPS) is 29.8. The Kier molecular flexibility index (Phi) is 4.18. The minimum atomic E-state index is -0.857. The van der Waals surface area contributed by atoms with Gasteiger partial charge in [-0.25, -0.2) is 0 Å². The van der Waals surface area contributed by atoms with E-state index in [0.29, 0.717) is 13.1 Å². The molecule has 1 N–H and O–H groups in total. The van der Waals surface area contributed by atoms with Crippen LogP contribution in [0.3, 0.4) is 0 Å². The molecule has 3 aliphatic rings. The summed E-state index contributed by atoms with van der Waals surface area (Å²) in [5.41, 5.74) is 0.839. The second kappa shape index (κ2) is 6.27. The number of carbonyl (C=O) groups is 2. The number of benzene rings is 1. The molecule has 1 amide bonds. The zero-order chi connectivity index (χ0) is 18.5. The number of ether oxygens (including phenoxy) is 1. The van der Waals surface area contributed by atoms with Gasteiger partial charge in [0, 0.05) is 39.1 Å². The summed E-state index contributed by atoms with van der Waals surface area (Å²) < 4.78 is 6.01. The number of carbonyl (C=O) groups excluding carboxylic acids is 1. The van der Waals surface area contributed by atoms with Gasteiger partial charge in [0.05, 0.1) is 11.8 Å². The molecule has 6 heteroatoms. The number of para-hydroxylation sites is 1. The molecule has 1 saturated carbocycles. The highest BCUT2D eigenvalue weighted by Crippen LogP contribution is 2.59. The molecule has 0 bridgehead atoms. The summed E-state index contributed by atoms with van der Waals surface area (Å²) in [6.45, 7) is 7.57. The molecule has 1 aromatic carbocycles. The molecule has 2 heterocycles. The number of carboxylic acids is 1. The van der Waals surface area contributed by atoms with Crippen molar-refractivity contribution in [2.24, 2.45) is 17.3 Å². The molecule has 3 atom stereocenters. The summed E-state index contributed by atoms with van der Waals surface area (Å²) >= 11 is 0. The second-order valence-corrected chi connectivity index (χ2v) is 8.29. The van der Waals surface area contributed by atoms with Crippen LogP contribution in [0.1, 0.15) is 19.4 Å². The van der Waals surface area contributed by atoms with Crippen molar-refractivity contribution in [3.05, 3.63) is 29.8 Å². The molecule has 0 radical (unpaired) electrons. The maximum absolute atomic E-state index is 12.7. The molecule has 2 fully saturated rings. The van der Waals surface area contributed by atoms with E-state index in [1.54, 1.807) is 0 Å². The number of piperazine rings is 1. The Morgan fingerprint density at radius 2 is 1.85 bits per heavy atom. The van der Waals surface area contributed by atoms with Gasteiger partial charge in [0.25, 0.3) is 0 Å². The lowest BCUT2D eigenvalue weighted by molar-refractivity contribution is -0.142. The fraction of sp³-hybridized carbons (Fsp3) is 0.600. The van der Waals surface area contributed by atoms with Gasteiger partial charge < -0.3 is 14.7 Å². The number of aliphatic carboxylic acids is 1. The highest BCUT2D eigenvalue weighted by atomic mass is 16.5. The number of carboxylic acid groups (broad SMARTS) is 1. The van der Waals surface area contributed by atoms with E-state index in [9.17, 15) is 14.7 Å². The number of rotatable bonds is 4. The van der Waals surface area contributed by atoms with Crippen LogP contribution in [0.2, 0.25) is 0 Å². The standard InChI is InChI=1S/C20H26N2O4/c1-20(2)16(17(20)19(24)25)18(23)22-9-7-21(8-10-22)12-14-11-13-5-3-4-6-15(13)26-14/h3-6,14,16-17H,7-12H2,1-2H3,(H,24,25)/t14-,16+,17-/m0/s1. The molecule has 140 valence electrons. The van der Waals surface area contributed by atoms with Crippen LogP contribution in [0.25, 0.3) is 0 Å². The van der Waals surface area contributed by atoms with E-state index in [1.807, 2.05) is 36.9 Å². The van der Waals surface area contributed by atoms with E-state index < -0.39 is 17.3 Å². The summed E-state index contributed by atoms with van der Waals surface area (Å²) in [7, 11) is 0. The van der Waals surface area contributed by atoms with Crippen molar-refractivity contribution in [3.63, 3.8) is 0 Å². The molecule has 0 aromatic heterocycles. The first kappa shape index (κ1) is 17.3. The number of hydrogen-bond acceptors (Lipinski definition) is 4. The average Bonchev–Trinajstić information content (AvgIpc) is 2.97. The van der Waals surface area contributed by atoms with E-state index in [4.69, 9.17) is 4.74 Å². The molecule has 0 unspecified atom stereocenters. The molecule has 1 saturated heterocycles. The highest BCUT2D eigenvalue weighted by Gasteiger charge is 2.66. The lowest BCUT2D eigenvalue weighted by Gasteiger charge is -2.36. The maximum Gasteiger partial charge on any atom is 0.307 e. The third-order valence-corrected chi connectivity index (χ3v) is 6.22. The van der Waals surface area contributed by atoms with Gasteiger partial charge >= 0.3 is 5.97 Å². The first-order chi connectivity index (χ1) is 12.4. The Morgan fingerprint density at radius 1 is 1.15 bits per heavy atom. The summed E-state index contributed by atoms with van der Waals surface area (Å²) in [6.07, 6.45) is 1.11. The minimum absolute atomic E-state index is 0.00608. The number of amides is 1. The predicted octanol–water partition coefficient (Wildman–Crippen LogP) is 1.49. The van der Waals surface area contributed by atoms with Crippen molar-refractivity contribution in [3.8, 4) is 5.75 Å². The van der Waals surface area contributed by atoms with Crippen molar-refractivity contribution in [2.75, 3.05) is 32.7 Å².